The molecule has 3 aromatic rings. The lowest BCUT2D eigenvalue weighted by molar-refractivity contribution is 0.0853. The summed E-state index contributed by atoms with van der Waals surface area (Å²) < 4.78 is 5.34. The van der Waals surface area contributed by atoms with Gasteiger partial charge >= 0.3 is 0 Å². The number of hydrogen-bond acceptors (Lipinski definition) is 5. The fourth-order valence-electron chi connectivity index (χ4n) is 3.25. The maximum absolute atomic E-state index is 10.0. The van der Waals surface area contributed by atoms with E-state index in [-0.39, 0.29) is 6.54 Å². The fourth-order valence-corrected chi connectivity index (χ4v) is 3.25. The molecule has 1 aliphatic rings. The zero-order valence-corrected chi connectivity index (χ0v) is 21.0. The normalized spacial score (nSPS) is 12.7. The van der Waals surface area contributed by atoms with Gasteiger partial charge in [0.1, 0.15) is 6.54 Å². The smallest absolute Gasteiger partial charge is 0.125 e. The van der Waals surface area contributed by atoms with Crippen molar-refractivity contribution in [2.75, 3.05) is 13.2 Å². The van der Waals surface area contributed by atoms with Crippen molar-refractivity contribution in [2.45, 2.75) is 66.8 Å². The number of nitroso groups, excluding NO2 is 1. The molecule has 0 N–H and O–H groups in total. The van der Waals surface area contributed by atoms with Crippen molar-refractivity contribution in [3.63, 3.8) is 0 Å². The van der Waals surface area contributed by atoms with Crippen LogP contribution in [0.3, 0.4) is 0 Å². The van der Waals surface area contributed by atoms with Gasteiger partial charge in [-0.25, -0.2) is 0 Å². The van der Waals surface area contributed by atoms with Gasteiger partial charge in [0.25, 0.3) is 0 Å². The van der Waals surface area contributed by atoms with Crippen molar-refractivity contribution in [1.82, 2.24) is 9.97 Å². The Morgan fingerprint density at radius 3 is 1.85 bits per heavy atom. The summed E-state index contributed by atoms with van der Waals surface area (Å²) in [4.78, 5) is 18.4. The van der Waals surface area contributed by atoms with Crippen LogP contribution in [0.1, 0.15) is 68.8 Å². The monoisotopic (exact) mass is 449 g/mol. The summed E-state index contributed by atoms with van der Waals surface area (Å²) in [6.45, 7) is 14.1. The topological polar surface area (TPSA) is 64.4 Å². The molecule has 0 spiro atoms. The Morgan fingerprint density at radius 1 is 0.818 bits per heavy atom. The minimum Gasteiger partial charge on any atom is -0.381 e. The zero-order valence-electron chi connectivity index (χ0n) is 21.0. The molecule has 1 aliphatic heterocycles. The second kappa shape index (κ2) is 16.7. The van der Waals surface area contributed by atoms with Crippen molar-refractivity contribution in [2.24, 2.45) is 5.18 Å². The van der Waals surface area contributed by atoms with Gasteiger partial charge in [-0.2, -0.15) is 4.91 Å². The SMILES string of the molecule is CC.CC.Cc1ccc(-c2cnc(CN=O)cn2)cc1.Cc1ccc(C2CCOCC2)cc1. The van der Waals surface area contributed by atoms with E-state index in [0.717, 1.165) is 30.4 Å². The van der Waals surface area contributed by atoms with E-state index >= 15 is 0 Å². The van der Waals surface area contributed by atoms with Gasteiger partial charge in [-0.1, -0.05) is 92.5 Å². The molecule has 2 aromatic carbocycles. The Balaban J connectivity index is 0.000000291. The quantitative estimate of drug-likeness (QED) is 0.383. The zero-order chi connectivity index (χ0) is 24.5. The highest BCUT2D eigenvalue weighted by Crippen LogP contribution is 2.26. The highest BCUT2D eigenvalue weighted by Gasteiger charge is 2.15. The van der Waals surface area contributed by atoms with E-state index in [4.69, 9.17) is 4.74 Å². The molecule has 5 heteroatoms. The minimum atomic E-state index is 0.0706. The minimum absolute atomic E-state index is 0.0706. The van der Waals surface area contributed by atoms with Crippen LogP contribution in [0.25, 0.3) is 11.3 Å². The summed E-state index contributed by atoms with van der Waals surface area (Å²) in [6, 6.07) is 17.0. The molecule has 0 atom stereocenters. The first-order chi connectivity index (χ1) is 16.2. The molecule has 0 bridgehead atoms. The van der Waals surface area contributed by atoms with Gasteiger partial charge in [-0.05, 0) is 38.2 Å². The Kier molecular flexibility index (Phi) is 14.2. The highest BCUT2D eigenvalue weighted by molar-refractivity contribution is 5.58. The van der Waals surface area contributed by atoms with Crippen molar-refractivity contribution in [3.8, 4) is 11.3 Å². The lowest BCUT2D eigenvalue weighted by Gasteiger charge is -2.22. The van der Waals surface area contributed by atoms with Crippen LogP contribution in [0.15, 0.2) is 66.1 Å². The Hall–Kier alpha value is -2.92. The Morgan fingerprint density at radius 2 is 1.36 bits per heavy atom. The summed E-state index contributed by atoms with van der Waals surface area (Å²) in [5.74, 6) is 0.731. The third kappa shape index (κ3) is 10.0. The maximum Gasteiger partial charge on any atom is 0.125 e. The largest absolute Gasteiger partial charge is 0.381 e. The van der Waals surface area contributed by atoms with E-state index in [1.165, 1.54) is 29.5 Å². The van der Waals surface area contributed by atoms with E-state index in [1.807, 2.05) is 58.9 Å². The molecule has 0 radical (unpaired) electrons. The molecule has 0 saturated carbocycles. The number of hydrogen-bond donors (Lipinski definition) is 0. The highest BCUT2D eigenvalue weighted by atomic mass is 16.5. The Labute approximate surface area is 199 Å². The van der Waals surface area contributed by atoms with Crippen molar-refractivity contribution < 1.29 is 4.74 Å². The predicted molar refractivity (Wildman–Crippen MR) is 138 cm³/mol. The number of ether oxygens (including phenoxy) is 1. The molecular weight excluding hydrogens is 410 g/mol. The van der Waals surface area contributed by atoms with Crippen LogP contribution < -0.4 is 0 Å². The molecule has 5 nitrogen and oxygen atoms in total. The number of aryl methyl sites for hydroxylation is 2. The molecule has 0 unspecified atom stereocenters. The molecule has 4 rings (SSSR count). The summed E-state index contributed by atoms with van der Waals surface area (Å²) >= 11 is 0. The first kappa shape index (κ1) is 28.1. The number of nitrogens with zero attached hydrogens (tertiary/aromatic N) is 3. The average Bonchev–Trinajstić information content (AvgIpc) is 2.89. The predicted octanol–water partition coefficient (Wildman–Crippen LogP) is 7.66. The molecule has 1 saturated heterocycles. The van der Waals surface area contributed by atoms with Crippen LogP contribution >= 0.6 is 0 Å². The number of aromatic nitrogens is 2. The number of rotatable bonds is 4. The summed E-state index contributed by atoms with van der Waals surface area (Å²) in [7, 11) is 0. The van der Waals surface area contributed by atoms with Gasteiger partial charge in [0.15, 0.2) is 0 Å². The van der Waals surface area contributed by atoms with Gasteiger partial charge in [0.2, 0.25) is 0 Å². The van der Waals surface area contributed by atoms with Crippen LogP contribution in [-0.4, -0.2) is 23.2 Å². The number of benzene rings is 2. The summed E-state index contributed by atoms with van der Waals surface area (Å²) in [5, 5.41) is 2.77. The molecule has 178 valence electrons. The van der Waals surface area contributed by atoms with Crippen molar-refractivity contribution in [3.05, 3.63) is 88.2 Å². The summed E-state index contributed by atoms with van der Waals surface area (Å²) in [5.41, 5.74) is 6.44. The van der Waals surface area contributed by atoms with Crippen LogP contribution in [0, 0.1) is 18.8 Å². The van der Waals surface area contributed by atoms with Crippen LogP contribution in [-0.2, 0) is 11.3 Å². The van der Waals surface area contributed by atoms with Crippen LogP contribution in [0.4, 0.5) is 0 Å². The third-order valence-electron chi connectivity index (χ3n) is 5.05. The first-order valence-electron chi connectivity index (χ1n) is 12.0. The van der Waals surface area contributed by atoms with Gasteiger partial charge in [-0.15, -0.1) is 0 Å². The van der Waals surface area contributed by atoms with E-state index in [1.54, 1.807) is 12.4 Å². The van der Waals surface area contributed by atoms with Crippen molar-refractivity contribution in [1.29, 1.82) is 0 Å². The molecular formula is C28H39N3O2. The second-order valence-corrected chi connectivity index (χ2v) is 7.34. The molecule has 0 aliphatic carbocycles. The van der Waals surface area contributed by atoms with E-state index in [9.17, 15) is 4.91 Å². The Bertz CT molecular complexity index is 886. The van der Waals surface area contributed by atoms with E-state index < -0.39 is 0 Å². The van der Waals surface area contributed by atoms with Crippen LogP contribution in [0.5, 0.6) is 0 Å². The van der Waals surface area contributed by atoms with Crippen LogP contribution in [0.2, 0.25) is 0 Å². The molecule has 1 fully saturated rings. The first-order valence-corrected chi connectivity index (χ1v) is 12.0. The molecule has 0 amide bonds. The molecule has 1 aromatic heterocycles. The fraction of sp³-hybridized carbons (Fsp3) is 0.429. The lowest BCUT2D eigenvalue weighted by atomic mass is 9.91. The van der Waals surface area contributed by atoms with E-state index in [2.05, 4.69) is 46.3 Å². The second-order valence-electron chi connectivity index (χ2n) is 7.34. The summed E-state index contributed by atoms with van der Waals surface area (Å²) in [6.07, 6.45) is 5.61. The van der Waals surface area contributed by atoms with E-state index in [0.29, 0.717) is 5.69 Å². The molecule has 33 heavy (non-hydrogen) atoms. The van der Waals surface area contributed by atoms with Gasteiger partial charge in [0, 0.05) is 18.8 Å². The standard InChI is InChI=1S/C12H11N3O.C12H16O.2C2H6/c1-9-2-4-10(5-3-9)12-8-13-11(6-14-12)7-15-16;1-10-2-4-11(5-3-10)12-6-8-13-9-7-12;2*1-2/h2-6,8H,7H2,1H3;2-5,12H,6-9H2,1H3;2*1-2H3. The van der Waals surface area contributed by atoms with Crippen molar-refractivity contribution >= 4 is 0 Å². The van der Waals surface area contributed by atoms with Gasteiger partial charge in [-0.3, -0.25) is 9.97 Å². The third-order valence-corrected chi connectivity index (χ3v) is 5.05. The van der Waals surface area contributed by atoms with Gasteiger partial charge in [0.05, 0.1) is 23.8 Å². The molecule has 2 heterocycles. The average molecular weight is 450 g/mol. The lowest BCUT2D eigenvalue weighted by Crippen LogP contribution is -2.13. The van der Waals surface area contributed by atoms with Gasteiger partial charge < -0.3 is 4.74 Å². The maximum atomic E-state index is 10.0.